The van der Waals surface area contributed by atoms with Crippen LogP contribution in [0.2, 0.25) is 5.28 Å². The molecule has 0 unspecified atom stereocenters. The highest BCUT2D eigenvalue weighted by Gasteiger charge is 2.09. The lowest BCUT2D eigenvalue weighted by Crippen LogP contribution is -2.01. The molecule has 17 heavy (non-hydrogen) atoms. The number of methoxy groups -OCH3 is 1. The highest BCUT2D eigenvalue weighted by molar-refractivity contribution is 7.99. The fraction of sp³-hybridized carbons (Fsp3) is 0.300. The molecule has 0 fully saturated rings. The number of aromatic nitrogens is 2. The van der Waals surface area contributed by atoms with Crippen molar-refractivity contribution in [2.24, 2.45) is 0 Å². The summed E-state index contributed by atoms with van der Waals surface area (Å²) in [6.07, 6.45) is 0.356. The number of hydrogen-bond acceptors (Lipinski definition) is 6. The summed E-state index contributed by atoms with van der Waals surface area (Å²) in [6.45, 7) is 0. The molecule has 4 nitrogen and oxygen atoms in total. The lowest BCUT2D eigenvalue weighted by atomic mass is 10.4. The van der Waals surface area contributed by atoms with Gasteiger partial charge in [0.2, 0.25) is 5.28 Å². The molecule has 0 saturated heterocycles. The maximum atomic E-state index is 11.0. The maximum Gasteiger partial charge on any atom is 0.306 e. The van der Waals surface area contributed by atoms with Crippen molar-refractivity contribution in [3.63, 3.8) is 0 Å². The summed E-state index contributed by atoms with van der Waals surface area (Å²) in [7, 11) is 1.38. The molecule has 2 aromatic rings. The molecule has 2 aromatic heterocycles. The number of thiophene rings is 1. The predicted molar refractivity (Wildman–Crippen MR) is 69.8 cm³/mol. The van der Waals surface area contributed by atoms with Gasteiger partial charge in [-0.3, -0.25) is 4.79 Å². The number of thioether (sulfide) groups is 1. The Morgan fingerprint density at radius 3 is 3.18 bits per heavy atom. The van der Waals surface area contributed by atoms with Gasteiger partial charge in [0, 0.05) is 11.1 Å². The zero-order valence-corrected chi connectivity index (χ0v) is 11.4. The molecule has 0 N–H and O–H groups in total. The lowest BCUT2D eigenvalue weighted by molar-refractivity contribution is -0.140. The van der Waals surface area contributed by atoms with Gasteiger partial charge in [0.1, 0.15) is 9.86 Å². The van der Waals surface area contributed by atoms with Crippen LogP contribution in [-0.4, -0.2) is 28.8 Å². The Morgan fingerprint density at radius 1 is 1.59 bits per heavy atom. The van der Waals surface area contributed by atoms with Gasteiger partial charge in [-0.25, -0.2) is 9.97 Å². The van der Waals surface area contributed by atoms with Gasteiger partial charge >= 0.3 is 5.97 Å². The molecule has 90 valence electrons. The number of ether oxygens (including phenoxy) is 1. The molecule has 0 aliphatic heterocycles. The smallest absolute Gasteiger partial charge is 0.306 e. The molecule has 0 aromatic carbocycles. The Bertz CT molecular complexity index is 544. The summed E-state index contributed by atoms with van der Waals surface area (Å²) >= 11 is 8.83. The number of rotatable bonds is 4. The summed E-state index contributed by atoms with van der Waals surface area (Å²) < 4.78 is 4.58. The largest absolute Gasteiger partial charge is 0.469 e. The zero-order chi connectivity index (χ0) is 12.3. The van der Waals surface area contributed by atoms with Crippen molar-refractivity contribution in [3.05, 3.63) is 16.7 Å². The Labute approximate surface area is 111 Å². The van der Waals surface area contributed by atoms with Crippen molar-refractivity contribution < 1.29 is 9.53 Å². The minimum Gasteiger partial charge on any atom is -0.469 e. The maximum absolute atomic E-state index is 11.0. The molecule has 0 aliphatic carbocycles. The van der Waals surface area contributed by atoms with E-state index >= 15 is 0 Å². The van der Waals surface area contributed by atoms with Crippen LogP contribution in [0.1, 0.15) is 6.42 Å². The second-order valence-corrected chi connectivity index (χ2v) is 5.43. The normalized spacial score (nSPS) is 10.7. The van der Waals surface area contributed by atoms with Gasteiger partial charge in [-0.2, -0.15) is 0 Å². The Hall–Kier alpha value is -0.850. The Morgan fingerprint density at radius 2 is 2.41 bits per heavy atom. The standard InChI is InChI=1S/C10H9ClN2O2S2/c1-15-7(14)3-5-17-9-6-2-4-16-8(6)12-10(11)13-9/h2,4H,3,5H2,1H3. The fourth-order valence-electron chi connectivity index (χ4n) is 1.25. The SMILES string of the molecule is COC(=O)CCSc1nc(Cl)nc2sccc12. The first-order chi connectivity index (χ1) is 8.20. The molecule has 0 saturated carbocycles. The molecular formula is C10H9ClN2O2S2. The molecule has 0 amide bonds. The molecule has 0 bridgehead atoms. The van der Waals surface area contributed by atoms with Crippen LogP contribution in [0.25, 0.3) is 10.2 Å². The zero-order valence-electron chi connectivity index (χ0n) is 8.97. The van der Waals surface area contributed by atoms with E-state index in [1.54, 1.807) is 0 Å². The van der Waals surface area contributed by atoms with Crippen LogP contribution in [0.4, 0.5) is 0 Å². The average molecular weight is 289 g/mol. The van der Waals surface area contributed by atoms with Gasteiger partial charge in [0.15, 0.2) is 0 Å². The molecular weight excluding hydrogens is 280 g/mol. The number of halogens is 1. The molecule has 7 heteroatoms. The van der Waals surface area contributed by atoms with E-state index in [0.29, 0.717) is 12.2 Å². The van der Waals surface area contributed by atoms with Crippen LogP contribution in [0.5, 0.6) is 0 Å². The van der Waals surface area contributed by atoms with Gasteiger partial charge in [-0.15, -0.1) is 23.1 Å². The van der Waals surface area contributed by atoms with Crippen LogP contribution < -0.4 is 0 Å². The summed E-state index contributed by atoms with van der Waals surface area (Å²) in [5.41, 5.74) is 0. The minimum absolute atomic E-state index is 0.223. The number of nitrogens with zero attached hydrogens (tertiary/aromatic N) is 2. The molecule has 0 spiro atoms. The number of carbonyl (C=O) groups is 1. The van der Waals surface area contributed by atoms with E-state index in [4.69, 9.17) is 11.6 Å². The first-order valence-corrected chi connectivity index (χ1v) is 7.05. The molecule has 2 heterocycles. The summed E-state index contributed by atoms with van der Waals surface area (Å²) in [5, 5.41) is 3.97. The summed E-state index contributed by atoms with van der Waals surface area (Å²) in [4.78, 5) is 20.1. The number of carbonyl (C=O) groups excluding carboxylic acids is 1. The van der Waals surface area contributed by atoms with Crippen LogP contribution in [0.3, 0.4) is 0 Å². The van der Waals surface area contributed by atoms with E-state index in [0.717, 1.165) is 15.2 Å². The van der Waals surface area contributed by atoms with Crippen molar-refractivity contribution in [1.82, 2.24) is 9.97 Å². The summed E-state index contributed by atoms with van der Waals surface area (Å²) in [5.74, 6) is 0.393. The number of esters is 1. The minimum atomic E-state index is -0.223. The lowest BCUT2D eigenvalue weighted by Gasteiger charge is -2.02. The second-order valence-electron chi connectivity index (χ2n) is 3.11. The Balaban J connectivity index is 2.12. The van der Waals surface area contributed by atoms with E-state index in [2.05, 4.69) is 14.7 Å². The topological polar surface area (TPSA) is 52.1 Å². The van der Waals surface area contributed by atoms with Crippen molar-refractivity contribution in [2.75, 3.05) is 12.9 Å². The molecule has 2 rings (SSSR count). The first kappa shape index (κ1) is 12.6. The van der Waals surface area contributed by atoms with Crippen LogP contribution >= 0.6 is 34.7 Å². The third-order valence-corrected chi connectivity index (χ3v) is 4.00. The first-order valence-electron chi connectivity index (χ1n) is 4.81. The van der Waals surface area contributed by atoms with Gasteiger partial charge in [0.25, 0.3) is 0 Å². The van der Waals surface area contributed by atoms with E-state index in [1.165, 1.54) is 30.2 Å². The van der Waals surface area contributed by atoms with E-state index in [9.17, 15) is 4.79 Å². The van der Waals surface area contributed by atoms with Crippen molar-refractivity contribution in [2.45, 2.75) is 11.4 Å². The van der Waals surface area contributed by atoms with E-state index in [1.807, 2.05) is 11.4 Å². The quantitative estimate of drug-likeness (QED) is 0.375. The van der Waals surface area contributed by atoms with E-state index in [-0.39, 0.29) is 11.3 Å². The fourth-order valence-corrected chi connectivity index (χ4v) is 3.28. The van der Waals surface area contributed by atoms with Crippen LogP contribution in [-0.2, 0) is 9.53 Å². The average Bonchev–Trinajstić information content (AvgIpc) is 2.76. The van der Waals surface area contributed by atoms with Gasteiger partial charge in [-0.05, 0) is 23.0 Å². The molecule has 0 atom stereocenters. The third kappa shape index (κ3) is 3.08. The van der Waals surface area contributed by atoms with Gasteiger partial charge in [0.05, 0.1) is 13.5 Å². The number of fused-ring (bicyclic) bond motifs is 1. The third-order valence-electron chi connectivity index (χ3n) is 2.04. The van der Waals surface area contributed by atoms with Crippen molar-refractivity contribution in [1.29, 1.82) is 0 Å². The Kier molecular flexibility index (Phi) is 4.20. The monoisotopic (exact) mass is 288 g/mol. The predicted octanol–water partition coefficient (Wildman–Crippen LogP) is 3.00. The van der Waals surface area contributed by atoms with Gasteiger partial charge in [-0.1, -0.05) is 0 Å². The molecule has 0 radical (unpaired) electrons. The molecule has 0 aliphatic rings. The highest BCUT2D eigenvalue weighted by Crippen LogP contribution is 2.29. The number of hydrogen-bond donors (Lipinski definition) is 0. The van der Waals surface area contributed by atoms with Gasteiger partial charge < -0.3 is 4.74 Å². The highest BCUT2D eigenvalue weighted by atomic mass is 35.5. The van der Waals surface area contributed by atoms with E-state index < -0.39 is 0 Å². The van der Waals surface area contributed by atoms with Crippen molar-refractivity contribution >= 4 is 50.9 Å². The van der Waals surface area contributed by atoms with Crippen molar-refractivity contribution in [3.8, 4) is 0 Å². The summed E-state index contributed by atoms with van der Waals surface area (Å²) in [6, 6.07) is 1.96. The van der Waals surface area contributed by atoms with Crippen LogP contribution in [0.15, 0.2) is 16.5 Å². The second kappa shape index (κ2) is 5.66. The van der Waals surface area contributed by atoms with Crippen LogP contribution in [0, 0.1) is 0 Å².